The van der Waals surface area contributed by atoms with Gasteiger partial charge in [0.2, 0.25) is 0 Å². The molecule has 1 aliphatic carbocycles. The quantitative estimate of drug-likeness (QED) is 0.555. The van der Waals surface area contributed by atoms with E-state index in [9.17, 15) is 19.5 Å². The molecule has 1 saturated carbocycles. The van der Waals surface area contributed by atoms with Crippen LogP contribution in [0.2, 0.25) is 0 Å². The SMILES string of the molecule is CSC1C(C)OC(O)CC1OC(=O)C1CCC(CN2C(=O)C=CC2=O)CC1. The summed E-state index contributed by atoms with van der Waals surface area (Å²) in [6.45, 7) is 2.30. The van der Waals surface area contributed by atoms with Crippen LogP contribution in [0.1, 0.15) is 39.0 Å². The molecule has 7 nitrogen and oxygen atoms in total. The molecule has 8 heteroatoms. The predicted molar refractivity (Wildman–Crippen MR) is 99.7 cm³/mol. The summed E-state index contributed by atoms with van der Waals surface area (Å²) in [6, 6.07) is 0. The van der Waals surface area contributed by atoms with Crippen LogP contribution in [0.5, 0.6) is 0 Å². The van der Waals surface area contributed by atoms with E-state index in [2.05, 4.69) is 0 Å². The van der Waals surface area contributed by atoms with E-state index in [0.717, 1.165) is 12.8 Å². The van der Waals surface area contributed by atoms with Crippen molar-refractivity contribution in [1.29, 1.82) is 0 Å². The minimum absolute atomic E-state index is 0.00776. The molecular formula is C19H27NO6S. The zero-order valence-corrected chi connectivity index (χ0v) is 16.5. The van der Waals surface area contributed by atoms with E-state index in [1.165, 1.54) is 17.1 Å². The lowest BCUT2D eigenvalue weighted by Crippen LogP contribution is -2.47. The van der Waals surface area contributed by atoms with Gasteiger partial charge in [-0.2, -0.15) is 11.8 Å². The number of aliphatic hydroxyl groups is 1. The number of thioether (sulfide) groups is 1. The first-order valence-corrected chi connectivity index (χ1v) is 10.8. The van der Waals surface area contributed by atoms with Gasteiger partial charge in [-0.3, -0.25) is 19.3 Å². The van der Waals surface area contributed by atoms with E-state index in [1.807, 2.05) is 13.2 Å². The Morgan fingerprint density at radius 1 is 1.26 bits per heavy atom. The Kier molecular flexibility index (Phi) is 6.60. The van der Waals surface area contributed by atoms with E-state index < -0.39 is 6.29 Å². The maximum Gasteiger partial charge on any atom is 0.309 e. The normalized spacial score (nSPS) is 36.9. The number of esters is 1. The Labute approximate surface area is 163 Å². The predicted octanol–water partition coefficient (Wildman–Crippen LogP) is 1.49. The van der Waals surface area contributed by atoms with Gasteiger partial charge in [-0.1, -0.05) is 0 Å². The standard InChI is InChI=1S/C19H27NO6S/c1-11-18(27-2)14(9-17(23)25-11)26-19(24)13-5-3-12(4-6-13)10-20-15(21)7-8-16(20)22/h7-8,11-14,17-18,23H,3-6,9-10H2,1-2H3. The molecule has 0 bridgehead atoms. The van der Waals surface area contributed by atoms with Gasteiger partial charge in [-0.15, -0.1) is 0 Å². The second kappa shape index (κ2) is 8.75. The van der Waals surface area contributed by atoms with Crippen LogP contribution >= 0.6 is 11.8 Å². The summed E-state index contributed by atoms with van der Waals surface area (Å²) in [6.07, 6.45) is 6.38. The van der Waals surface area contributed by atoms with Crippen molar-refractivity contribution >= 4 is 29.5 Å². The second-order valence-electron chi connectivity index (χ2n) is 7.55. The summed E-state index contributed by atoms with van der Waals surface area (Å²) < 4.78 is 11.2. The summed E-state index contributed by atoms with van der Waals surface area (Å²) in [4.78, 5) is 37.2. The molecule has 2 fully saturated rings. The number of carbonyl (C=O) groups excluding carboxylic acids is 3. The monoisotopic (exact) mass is 397 g/mol. The first-order chi connectivity index (χ1) is 12.9. The van der Waals surface area contributed by atoms with Crippen LogP contribution in [0.15, 0.2) is 12.2 Å². The molecule has 0 radical (unpaired) electrons. The van der Waals surface area contributed by atoms with Crippen LogP contribution in [-0.2, 0) is 23.9 Å². The number of rotatable bonds is 5. The van der Waals surface area contributed by atoms with Crippen LogP contribution in [0.3, 0.4) is 0 Å². The fourth-order valence-corrected chi connectivity index (χ4v) is 5.09. The Balaban J connectivity index is 1.48. The van der Waals surface area contributed by atoms with Gasteiger partial charge in [-0.25, -0.2) is 0 Å². The molecule has 27 heavy (non-hydrogen) atoms. The van der Waals surface area contributed by atoms with Crippen molar-refractivity contribution < 1.29 is 29.0 Å². The summed E-state index contributed by atoms with van der Waals surface area (Å²) in [5.74, 6) is -0.657. The van der Waals surface area contributed by atoms with Crippen molar-refractivity contribution in [1.82, 2.24) is 4.90 Å². The van der Waals surface area contributed by atoms with Crippen molar-refractivity contribution in [3.8, 4) is 0 Å². The molecule has 4 unspecified atom stereocenters. The van der Waals surface area contributed by atoms with Gasteiger partial charge in [0.05, 0.1) is 17.3 Å². The van der Waals surface area contributed by atoms with E-state index >= 15 is 0 Å². The largest absolute Gasteiger partial charge is 0.461 e. The van der Waals surface area contributed by atoms with Crippen molar-refractivity contribution in [3.05, 3.63) is 12.2 Å². The minimum atomic E-state index is -0.902. The van der Waals surface area contributed by atoms with Crippen LogP contribution in [0.25, 0.3) is 0 Å². The van der Waals surface area contributed by atoms with Crippen LogP contribution < -0.4 is 0 Å². The third-order valence-electron chi connectivity index (χ3n) is 5.70. The summed E-state index contributed by atoms with van der Waals surface area (Å²) in [5, 5.41) is 9.82. The molecular weight excluding hydrogens is 370 g/mol. The molecule has 4 atom stereocenters. The van der Waals surface area contributed by atoms with Crippen molar-refractivity contribution in [2.45, 2.75) is 62.8 Å². The topological polar surface area (TPSA) is 93.1 Å². The highest BCUT2D eigenvalue weighted by Crippen LogP contribution is 2.34. The highest BCUT2D eigenvalue weighted by atomic mass is 32.2. The molecule has 2 aliphatic heterocycles. The summed E-state index contributed by atoms with van der Waals surface area (Å²) in [5.41, 5.74) is 0. The lowest BCUT2D eigenvalue weighted by molar-refractivity contribution is -0.196. The third-order valence-corrected chi connectivity index (χ3v) is 6.93. The van der Waals surface area contributed by atoms with Gasteiger partial charge in [0.1, 0.15) is 6.10 Å². The molecule has 0 aromatic rings. The van der Waals surface area contributed by atoms with E-state index in [0.29, 0.717) is 25.8 Å². The molecule has 3 rings (SSSR count). The third kappa shape index (κ3) is 4.73. The Morgan fingerprint density at radius 2 is 1.89 bits per heavy atom. The number of carbonyl (C=O) groups is 3. The van der Waals surface area contributed by atoms with E-state index in [4.69, 9.17) is 9.47 Å². The zero-order valence-electron chi connectivity index (χ0n) is 15.7. The highest BCUT2D eigenvalue weighted by Gasteiger charge is 2.39. The van der Waals surface area contributed by atoms with Crippen molar-refractivity contribution in [2.75, 3.05) is 12.8 Å². The van der Waals surface area contributed by atoms with Gasteiger partial charge in [0.25, 0.3) is 11.8 Å². The number of nitrogens with zero attached hydrogens (tertiary/aromatic N) is 1. The number of ether oxygens (including phenoxy) is 2. The van der Waals surface area contributed by atoms with Gasteiger partial charge >= 0.3 is 5.97 Å². The molecule has 1 N–H and O–H groups in total. The van der Waals surface area contributed by atoms with Gasteiger partial charge < -0.3 is 14.6 Å². The van der Waals surface area contributed by atoms with Gasteiger partial charge in [0, 0.05) is 25.1 Å². The molecule has 3 aliphatic rings. The average molecular weight is 397 g/mol. The van der Waals surface area contributed by atoms with E-state index in [-0.39, 0.29) is 47.1 Å². The minimum Gasteiger partial charge on any atom is -0.461 e. The number of aliphatic hydroxyl groups excluding tert-OH is 1. The fourth-order valence-electron chi connectivity index (χ4n) is 4.17. The van der Waals surface area contributed by atoms with E-state index in [1.54, 1.807) is 11.8 Å². The fraction of sp³-hybridized carbons (Fsp3) is 0.737. The van der Waals surface area contributed by atoms with Crippen molar-refractivity contribution in [3.63, 3.8) is 0 Å². The van der Waals surface area contributed by atoms with Crippen LogP contribution in [0, 0.1) is 11.8 Å². The molecule has 2 amide bonds. The summed E-state index contributed by atoms with van der Waals surface area (Å²) in [7, 11) is 0. The van der Waals surface area contributed by atoms with Crippen LogP contribution in [-0.4, -0.2) is 64.3 Å². The maximum absolute atomic E-state index is 12.6. The summed E-state index contributed by atoms with van der Waals surface area (Å²) >= 11 is 1.58. The Morgan fingerprint density at radius 3 is 2.48 bits per heavy atom. The first-order valence-electron chi connectivity index (χ1n) is 9.49. The lowest BCUT2D eigenvalue weighted by Gasteiger charge is -2.38. The van der Waals surface area contributed by atoms with Gasteiger partial charge in [-0.05, 0) is 44.8 Å². The number of imide groups is 1. The maximum atomic E-state index is 12.6. The zero-order chi connectivity index (χ0) is 19.6. The lowest BCUT2D eigenvalue weighted by atomic mass is 9.81. The molecule has 2 heterocycles. The average Bonchev–Trinajstić information content (AvgIpc) is 2.94. The Bertz CT molecular complexity index is 597. The molecule has 0 spiro atoms. The molecule has 0 aromatic heterocycles. The Hall–Kier alpha value is -1.38. The number of hydrogen-bond acceptors (Lipinski definition) is 7. The first kappa shape index (κ1) is 20.4. The van der Waals surface area contributed by atoms with Crippen molar-refractivity contribution in [2.24, 2.45) is 11.8 Å². The second-order valence-corrected chi connectivity index (χ2v) is 8.56. The molecule has 150 valence electrons. The molecule has 0 aromatic carbocycles. The van der Waals surface area contributed by atoms with Gasteiger partial charge in [0.15, 0.2) is 6.29 Å². The van der Waals surface area contributed by atoms with Crippen LogP contribution in [0.4, 0.5) is 0 Å². The number of hydrogen-bond donors (Lipinski definition) is 1. The molecule has 1 saturated heterocycles. The number of amides is 2. The smallest absolute Gasteiger partial charge is 0.309 e. The highest BCUT2D eigenvalue weighted by molar-refractivity contribution is 7.99.